The van der Waals surface area contributed by atoms with E-state index in [-0.39, 0.29) is 0 Å². The molecule has 1 N–H and O–H groups in total. The van der Waals surface area contributed by atoms with E-state index in [1.807, 2.05) is 31.2 Å². The highest BCUT2D eigenvalue weighted by Crippen LogP contribution is 2.35. The molecule has 0 radical (unpaired) electrons. The van der Waals surface area contributed by atoms with Crippen molar-refractivity contribution in [3.8, 4) is 11.5 Å². The summed E-state index contributed by atoms with van der Waals surface area (Å²) in [6.07, 6.45) is 0. The Bertz CT molecular complexity index is 973. The predicted molar refractivity (Wildman–Crippen MR) is 129 cm³/mol. The van der Waals surface area contributed by atoms with Gasteiger partial charge in [-0.25, -0.2) is 0 Å². The second-order valence-corrected chi connectivity index (χ2v) is 8.52. The van der Waals surface area contributed by atoms with Crippen molar-refractivity contribution in [1.82, 2.24) is 0 Å². The quantitative estimate of drug-likeness (QED) is 0.319. The van der Waals surface area contributed by atoms with Gasteiger partial charge < -0.3 is 14.8 Å². The number of hydrogen-bond donors (Lipinski definition) is 1. The van der Waals surface area contributed by atoms with Crippen molar-refractivity contribution in [3.63, 3.8) is 0 Å². The highest BCUT2D eigenvalue weighted by molar-refractivity contribution is 14.1. The molecule has 3 nitrogen and oxygen atoms in total. The molecule has 0 aromatic heterocycles. The standard InChI is InChI=1S/C24H25ClINO2/c1-4-28-23-13-19(14-27-22-10-5-16(2)11-17(22)3)12-21(26)24(23)29-15-18-6-8-20(25)9-7-18/h5-13,27H,4,14-15H2,1-3H3. The zero-order chi connectivity index (χ0) is 20.8. The fourth-order valence-corrected chi connectivity index (χ4v) is 4.02. The van der Waals surface area contributed by atoms with E-state index in [2.05, 4.69) is 72.1 Å². The molecule has 0 atom stereocenters. The number of hydrogen-bond acceptors (Lipinski definition) is 3. The maximum Gasteiger partial charge on any atom is 0.174 e. The lowest BCUT2D eigenvalue weighted by Gasteiger charge is -2.17. The van der Waals surface area contributed by atoms with Crippen LogP contribution in [0.15, 0.2) is 54.6 Å². The number of nitrogens with one attached hydrogen (secondary N) is 1. The third-order valence-corrected chi connectivity index (χ3v) is 5.58. The van der Waals surface area contributed by atoms with Gasteiger partial charge in [0.05, 0.1) is 10.2 Å². The van der Waals surface area contributed by atoms with Gasteiger partial charge in [0.1, 0.15) is 6.61 Å². The molecule has 0 aliphatic heterocycles. The van der Waals surface area contributed by atoms with Crippen LogP contribution in [0.2, 0.25) is 5.02 Å². The minimum absolute atomic E-state index is 0.466. The molecule has 0 unspecified atom stereocenters. The highest BCUT2D eigenvalue weighted by Gasteiger charge is 2.13. The summed E-state index contributed by atoms with van der Waals surface area (Å²) >= 11 is 8.27. The number of aryl methyl sites for hydroxylation is 2. The highest BCUT2D eigenvalue weighted by atomic mass is 127. The molecule has 152 valence electrons. The van der Waals surface area contributed by atoms with Gasteiger partial charge >= 0.3 is 0 Å². The topological polar surface area (TPSA) is 30.5 Å². The first-order chi connectivity index (χ1) is 14.0. The summed E-state index contributed by atoms with van der Waals surface area (Å²) in [5.41, 5.74) is 5.87. The monoisotopic (exact) mass is 521 g/mol. The van der Waals surface area contributed by atoms with E-state index in [9.17, 15) is 0 Å². The van der Waals surface area contributed by atoms with Gasteiger partial charge in [0.15, 0.2) is 11.5 Å². The SMILES string of the molecule is CCOc1cc(CNc2ccc(C)cc2C)cc(I)c1OCc1ccc(Cl)cc1. The van der Waals surface area contributed by atoms with Crippen LogP contribution in [0.5, 0.6) is 11.5 Å². The Balaban J connectivity index is 1.75. The van der Waals surface area contributed by atoms with Gasteiger partial charge in [0.25, 0.3) is 0 Å². The molecule has 29 heavy (non-hydrogen) atoms. The molecular formula is C24H25ClINO2. The maximum atomic E-state index is 6.10. The zero-order valence-corrected chi connectivity index (χ0v) is 19.8. The third kappa shape index (κ3) is 6.03. The summed E-state index contributed by atoms with van der Waals surface area (Å²) in [6, 6.07) is 18.3. The summed E-state index contributed by atoms with van der Waals surface area (Å²) in [7, 11) is 0. The molecule has 0 aliphatic rings. The van der Waals surface area contributed by atoms with Gasteiger partial charge in [-0.1, -0.05) is 41.4 Å². The van der Waals surface area contributed by atoms with Gasteiger partial charge in [-0.3, -0.25) is 0 Å². The van der Waals surface area contributed by atoms with Crippen molar-refractivity contribution < 1.29 is 9.47 Å². The summed E-state index contributed by atoms with van der Waals surface area (Å²) in [4.78, 5) is 0. The molecule has 0 heterocycles. The van der Waals surface area contributed by atoms with Crippen LogP contribution in [0.3, 0.4) is 0 Å². The minimum Gasteiger partial charge on any atom is -0.490 e. The van der Waals surface area contributed by atoms with Crippen LogP contribution < -0.4 is 14.8 Å². The Morgan fingerprint density at radius 1 is 0.931 bits per heavy atom. The van der Waals surface area contributed by atoms with Gasteiger partial charge in [0, 0.05) is 17.3 Å². The Labute approximate surface area is 191 Å². The molecule has 0 spiro atoms. The first-order valence-corrected chi connectivity index (χ1v) is 11.1. The van der Waals surface area contributed by atoms with Crippen LogP contribution >= 0.6 is 34.2 Å². The minimum atomic E-state index is 0.466. The molecule has 0 saturated heterocycles. The summed E-state index contributed by atoms with van der Waals surface area (Å²) in [6.45, 7) is 7.98. The molecule has 0 aliphatic carbocycles. The number of halogens is 2. The van der Waals surface area contributed by atoms with E-state index in [0.717, 1.165) is 43.5 Å². The number of benzene rings is 3. The lowest BCUT2D eigenvalue weighted by molar-refractivity contribution is 0.267. The molecular weight excluding hydrogens is 497 g/mol. The lowest BCUT2D eigenvalue weighted by Crippen LogP contribution is -2.05. The molecule has 3 aromatic carbocycles. The fraction of sp³-hybridized carbons (Fsp3) is 0.250. The van der Waals surface area contributed by atoms with E-state index >= 15 is 0 Å². The first-order valence-electron chi connectivity index (χ1n) is 9.60. The number of rotatable bonds is 8. The van der Waals surface area contributed by atoms with Gasteiger partial charge in [-0.05, 0) is 90.4 Å². The van der Waals surface area contributed by atoms with E-state index < -0.39 is 0 Å². The zero-order valence-electron chi connectivity index (χ0n) is 16.9. The summed E-state index contributed by atoms with van der Waals surface area (Å²) in [5, 5.41) is 4.24. The molecule has 3 aromatic rings. The van der Waals surface area contributed by atoms with E-state index in [1.54, 1.807) is 0 Å². The van der Waals surface area contributed by atoms with Crippen LogP contribution in [-0.2, 0) is 13.2 Å². The van der Waals surface area contributed by atoms with Crippen LogP contribution in [0.1, 0.15) is 29.2 Å². The van der Waals surface area contributed by atoms with Crippen LogP contribution in [-0.4, -0.2) is 6.61 Å². The van der Waals surface area contributed by atoms with Crippen molar-refractivity contribution in [2.45, 2.75) is 33.9 Å². The van der Waals surface area contributed by atoms with Gasteiger partial charge in [-0.15, -0.1) is 0 Å². The van der Waals surface area contributed by atoms with Crippen LogP contribution in [0, 0.1) is 17.4 Å². The summed E-state index contributed by atoms with van der Waals surface area (Å²) < 4.78 is 13.0. The van der Waals surface area contributed by atoms with Crippen molar-refractivity contribution in [2.24, 2.45) is 0 Å². The molecule has 5 heteroatoms. The second-order valence-electron chi connectivity index (χ2n) is 6.92. The van der Waals surface area contributed by atoms with Crippen molar-refractivity contribution >= 4 is 39.9 Å². The van der Waals surface area contributed by atoms with E-state index in [1.165, 1.54) is 11.1 Å². The van der Waals surface area contributed by atoms with Crippen LogP contribution in [0.25, 0.3) is 0 Å². The van der Waals surface area contributed by atoms with Crippen molar-refractivity contribution in [2.75, 3.05) is 11.9 Å². The smallest absolute Gasteiger partial charge is 0.174 e. The molecule has 0 bridgehead atoms. The van der Waals surface area contributed by atoms with Gasteiger partial charge in [-0.2, -0.15) is 0 Å². The molecule has 0 saturated carbocycles. The fourth-order valence-electron chi connectivity index (χ4n) is 3.07. The molecule has 0 amide bonds. The van der Waals surface area contributed by atoms with E-state index in [0.29, 0.717) is 13.2 Å². The average molecular weight is 522 g/mol. The number of ether oxygens (including phenoxy) is 2. The van der Waals surface area contributed by atoms with Crippen LogP contribution in [0.4, 0.5) is 5.69 Å². The Morgan fingerprint density at radius 3 is 2.38 bits per heavy atom. The Kier molecular flexibility index (Phi) is 7.67. The average Bonchev–Trinajstić information content (AvgIpc) is 2.68. The molecule has 0 fully saturated rings. The Morgan fingerprint density at radius 2 is 1.69 bits per heavy atom. The van der Waals surface area contributed by atoms with E-state index in [4.69, 9.17) is 21.1 Å². The lowest BCUT2D eigenvalue weighted by atomic mass is 10.1. The largest absolute Gasteiger partial charge is 0.490 e. The summed E-state index contributed by atoms with van der Waals surface area (Å²) in [5.74, 6) is 1.54. The van der Waals surface area contributed by atoms with Gasteiger partial charge in [0.2, 0.25) is 0 Å². The second kappa shape index (κ2) is 10.2. The Hall–Kier alpha value is -1.92. The van der Waals surface area contributed by atoms with Crippen molar-refractivity contribution in [1.29, 1.82) is 0 Å². The molecule has 3 rings (SSSR count). The first kappa shape index (κ1) is 21.8. The maximum absolute atomic E-state index is 6.10. The predicted octanol–water partition coefficient (Wildman–Crippen LogP) is 7.15. The number of anilines is 1. The normalized spacial score (nSPS) is 10.7. The third-order valence-electron chi connectivity index (χ3n) is 4.53. The van der Waals surface area contributed by atoms with Crippen molar-refractivity contribution in [3.05, 3.63) is 85.4 Å².